The Kier molecular flexibility index (Phi) is 5.65. The highest BCUT2D eigenvalue weighted by Crippen LogP contribution is 2.17. The fourth-order valence-electron chi connectivity index (χ4n) is 1.33. The Balaban J connectivity index is 2.79. The lowest BCUT2D eigenvalue weighted by Crippen LogP contribution is -2.37. The number of primary amides is 1. The summed E-state index contributed by atoms with van der Waals surface area (Å²) in [5.74, 6) is 0. The number of amides is 2. The maximum Gasteiger partial charge on any atom is 0.408 e. The van der Waals surface area contributed by atoms with Crippen LogP contribution in [-0.2, 0) is 9.47 Å². The first-order valence-corrected chi connectivity index (χ1v) is 6.91. The molecule has 0 saturated heterocycles. The zero-order valence-electron chi connectivity index (χ0n) is 11.9. The highest BCUT2D eigenvalue weighted by atomic mass is 32.1. The Hall–Kier alpha value is -2.16. The quantitative estimate of drug-likeness (QED) is 0.796. The van der Waals surface area contributed by atoms with E-state index in [4.69, 9.17) is 10.5 Å². The van der Waals surface area contributed by atoms with Gasteiger partial charge in [-0.15, -0.1) is 11.3 Å². The van der Waals surface area contributed by atoms with Crippen LogP contribution in [0, 0.1) is 0 Å². The molecule has 1 aromatic rings. The number of hydrogen-bond donors (Lipinski definition) is 2. The van der Waals surface area contributed by atoms with Crippen molar-refractivity contribution in [2.24, 2.45) is 5.73 Å². The van der Waals surface area contributed by atoms with Gasteiger partial charge in [0, 0.05) is 5.38 Å². The van der Waals surface area contributed by atoms with E-state index in [1.807, 2.05) is 0 Å². The number of ether oxygens (including phenoxy) is 2. The van der Waals surface area contributed by atoms with Gasteiger partial charge >= 0.3 is 12.2 Å². The number of hydrogen-bond acceptors (Lipinski definition) is 7. The number of alkyl carbamates (subject to hydrolysis) is 1. The normalized spacial score (nSPS) is 12.3. The minimum Gasteiger partial charge on any atom is -0.447 e. The van der Waals surface area contributed by atoms with Crippen LogP contribution in [-0.4, -0.2) is 35.7 Å². The van der Waals surface area contributed by atoms with E-state index in [0.29, 0.717) is 12.0 Å². The topological polar surface area (TPSA) is 121 Å². The molecule has 0 aliphatic carbocycles. The Bertz CT molecular complexity index is 523. The third-order valence-electron chi connectivity index (χ3n) is 2.08. The third-order valence-corrected chi connectivity index (χ3v) is 2.87. The second kappa shape index (κ2) is 7.02. The average molecular weight is 315 g/mol. The molecule has 1 rings (SSSR count). The van der Waals surface area contributed by atoms with Crippen molar-refractivity contribution >= 4 is 29.8 Å². The molecule has 0 spiro atoms. The van der Waals surface area contributed by atoms with Gasteiger partial charge in [0.15, 0.2) is 11.3 Å². The molecule has 1 aromatic heterocycles. The zero-order valence-corrected chi connectivity index (χ0v) is 12.7. The van der Waals surface area contributed by atoms with Crippen LogP contribution in [0.4, 0.5) is 9.59 Å². The molecule has 3 N–H and O–H groups in total. The molecule has 1 unspecified atom stereocenters. The summed E-state index contributed by atoms with van der Waals surface area (Å²) in [4.78, 5) is 37.1. The zero-order chi connectivity index (χ0) is 16.0. The van der Waals surface area contributed by atoms with E-state index >= 15 is 0 Å². The number of nitrogens with one attached hydrogen (secondary N) is 1. The molecule has 9 heteroatoms. The van der Waals surface area contributed by atoms with E-state index in [1.54, 1.807) is 26.2 Å². The van der Waals surface area contributed by atoms with Crippen molar-refractivity contribution in [1.82, 2.24) is 10.3 Å². The third kappa shape index (κ3) is 6.21. The Labute approximate surface area is 125 Å². The lowest BCUT2D eigenvalue weighted by molar-refractivity contribution is 0.0471. The standard InChI is InChI=1S/C12H17N3O5S/c1-12(2,3)20-11(18)15-7(5-19-10(13)17)8-6-21-9(4-16)14-8/h4,6-7H,5H2,1-3H3,(H2,13,17)(H,15,18). The van der Waals surface area contributed by atoms with Crippen molar-refractivity contribution in [2.75, 3.05) is 6.61 Å². The SMILES string of the molecule is CC(C)(C)OC(=O)NC(COC(N)=O)c1csc(C=O)n1. The molecule has 0 saturated carbocycles. The molecule has 116 valence electrons. The van der Waals surface area contributed by atoms with E-state index in [1.165, 1.54) is 0 Å². The summed E-state index contributed by atoms with van der Waals surface area (Å²) >= 11 is 1.11. The predicted molar refractivity (Wildman–Crippen MR) is 75.1 cm³/mol. The molecular formula is C12H17N3O5S. The van der Waals surface area contributed by atoms with Crippen LogP contribution in [0.2, 0.25) is 0 Å². The van der Waals surface area contributed by atoms with Crippen LogP contribution >= 0.6 is 11.3 Å². The molecule has 0 aliphatic heterocycles. The highest BCUT2D eigenvalue weighted by molar-refractivity contribution is 7.11. The van der Waals surface area contributed by atoms with Crippen LogP contribution in [0.15, 0.2) is 5.38 Å². The Morgan fingerprint density at radius 3 is 2.67 bits per heavy atom. The van der Waals surface area contributed by atoms with Crippen LogP contribution in [0.3, 0.4) is 0 Å². The minimum absolute atomic E-state index is 0.212. The van der Waals surface area contributed by atoms with E-state index in [-0.39, 0.29) is 11.6 Å². The highest BCUT2D eigenvalue weighted by Gasteiger charge is 2.23. The summed E-state index contributed by atoms with van der Waals surface area (Å²) in [6, 6.07) is -0.753. The van der Waals surface area contributed by atoms with Crippen molar-refractivity contribution in [3.8, 4) is 0 Å². The molecule has 0 aliphatic rings. The molecule has 2 amide bonds. The lowest BCUT2D eigenvalue weighted by Gasteiger charge is -2.22. The molecule has 1 heterocycles. The van der Waals surface area contributed by atoms with E-state index in [9.17, 15) is 14.4 Å². The smallest absolute Gasteiger partial charge is 0.408 e. The summed E-state index contributed by atoms with van der Waals surface area (Å²) in [5.41, 5.74) is 4.62. The monoisotopic (exact) mass is 315 g/mol. The molecule has 8 nitrogen and oxygen atoms in total. The first-order valence-electron chi connectivity index (χ1n) is 6.03. The van der Waals surface area contributed by atoms with Gasteiger partial charge in [0.2, 0.25) is 0 Å². The van der Waals surface area contributed by atoms with Crippen molar-refractivity contribution in [2.45, 2.75) is 32.4 Å². The minimum atomic E-state index is -0.975. The number of nitrogens with zero attached hydrogens (tertiary/aromatic N) is 1. The molecular weight excluding hydrogens is 298 g/mol. The van der Waals surface area contributed by atoms with Gasteiger partial charge in [-0.3, -0.25) is 4.79 Å². The van der Waals surface area contributed by atoms with Gasteiger partial charge in [0.05, 0.1) is 5.69 Å². The van der Waals surface area contributed by atoms with Gasteiger partial charge in [-0.05, 0) is 20.8 Å². The maximum atomic E-state index is 11.8. The molecule has 0 fully saturated rings. The van der Waals surface area contributed by atoms with Crippen molar-refractivity contribution in [1.29, 1.82) is 0 Å². The molecule has 0 radical (unpaired) electrons. The number of carbonyl (C=O) groups excluding carboxylic acids is 3. The van der Waals surface area contributed by atoms with Crippen LogP contribution in [0.25, 0.3) is 0 Å². The second-order valence-corrected chi connectivity index (χ2v) is 5.95. The number of rotatable bonds is 5. The van der Waals surface area contributed by atoms with Gasteiger partial charge in [-0.1, -0.05) is 0 Å². The summed E-state index contributed by atoms with van der Waals surface area (Å²) < 4.78 is 9.79. The van der Waals surface area contributed by atoms with Crippen LogP contribution < -0.4 is 11.1 Å². The van der Waals surface area contributed by atoms with Gasteiger partial charge in [-0.2, -0.15) is 0 Å². The number of thiazole rings is 1. The van der Waals surface area contributed by atoms with Gasteiger partial charge < -0.3 is 20.5 Å². The lowest BCUT2D eigenvalue weighted by atomic mass is 10.2. The van der Waals surface area contributed by atoms with Crippen LogP contribution in [0.5, 0.6) is 0 Å². The second-order valence-electron chi connectivity index (χ2n) is 5.06. The number of nitrogens with two attached hydrogens (primary N) is 1. The number of carbonyl (C=O) groups is 3. The van der Waals surface area contributed by atoms with Crippen LogP contribution in [0.1, 0.15) is 42.3 Å². The van der Waals surface area contributed by atoms with Gasteiger partial charge in [0.1, 0.15) is 18.2 Å². The molecule has 1 atom stereocenters. The maximum absolute atomic E-state index is 11.8. The van der Waals surface area contributed by atoms with E-state index < -0.39 is 23.8 Å². The van der Waals surface area contributed by atoms with Crippen molar-refractivity contribution < 1.29 is 23.9 Å². The Morgan fingerprint density at radius 1 is 1.52 bits per heavy atom. The van der Waals surface area contributed by atoms with Gasteiger partial charge in [0.25, 0.3) is 0 Å². The number of aromatic nitrogens is 1. The summed E-state index contributed by atoms with van der Waals surface area (Å²) in [5, 5.41) is 4.35. The van der Waals surface area contributed by atoms with E-state index in [0.717, 1.165) is 11.3 Å². The largest absolute Gasteiger partial charge is 0.447 e. The Morgan fingerprint density at radius 2 is 2.19 bits per heavy atom. The fraction of sp³-hybridized carbons (Fsp3) is 0.500. The summed E-state index contributed by atoms with van der Waals surface area (Å²) in [6.07, 6.45) is -1.08. The first kappa shape index (κ1) is 16.9. The van der Waals surface area contributed by atoms with Gasteiger partial charge in [-0.25, -0.2) is 14.6 Å². The van der Waals surface area contributed by atoms with Crippen molar-refractivity contribution in [3.05, 3.63) is 16.1 Å². The summed E-state index contributed by atoms with van der Waals surface area (Å²) in [7, 11) is 0. The number of aldehydes is 1. The van der Waals surface area contributed by atoms with E-state index in [2.05, 4.69) is 15.0 Å². The predicted octanol–water partition coefficient (Wildman–Crippen LogP) is 1.62. The first-order chi connectivity index (χ1) is 9.71. The molecule has 21 heavy (non-hydrogen) atoms. The average Bonchev–Trinajstić information content (AvgIpc) is 2.80. The fourth-order valence-corrected chi connectivity index (χ4v) is 2.00. The van der Waals surface area contributed by atoms with Crippen molar-refractivity contribution in [3.63, 3.8) is 0 Å². The molecule has 0 bridgehead atoms. The molecule has 0 aromatic carbocycles. The summed E-state index contributed by atoms with van der Waals surface area (Å²) in [6.45, 7) is 4.94.